The van der Waals surface area contributed by atoms with Crippen LogP contribution in [0.15, 0.2) is 137 Å². The fourth-order valence-electron chi connectivity index (χ4n) is 5.76. The average molecular weight is 738 g/mol. The summed E-state index contributed by atoms with van der Waals surface area (Å²) in [5.74, 6) is 0.618. The smallest absolute Gasteiger partial charge is 0.343 e. The van der Waals surface area contributed by atoms with Crippen LogP contribution < -0.4 is 14.2 Å². The number of aliphatic imine (C=N–C) groups is 1. The van der Waals surface area contributed by atoms with Crippen LogP contribution in [0.25, 0.3) is 0 Å². The maximum absolute atomic E-state index is 12.9. The summed E-state index contributed by atoms with van der Waals surface area (Å²) in [6.07, 6.45) is 15.0. The number of esters is 2. The Morgan fingerprint density at radius 2 is 1.07 bits per heavy atom. The van der Waals surface area contributed by atoms with Crippen LogP contribution in [0.1, 0.15) is 110 Å². The third-order valence-corrected chi connectivity index (χ3v) is 8.98. The van der Waals surface area contributed by atoms with Crippen molar-refractivity contribution in [1.82, 2.24) is 0 Å². The third-order valence-electron chi connectivity index (χ3n) is 8.98. The first-order valence-corrected chi connectivity index (χ1v) is 19.5. The number of hydrogen-bond acceptors (Lipinski definition) is 8. The number of hydrogen-bond donors (Lipinski definition) is 0. The predicted molar refractivity (Wildman–Crippen MR) is 220 cm³/mol. The molecule has 0 fully saturated rings. The first-order valence-electron chi connectivity index (χ1n) is 19.5. The molecule has 0 radical (unpaired) electrons. The zero-order chi connectivity index (χ0) is 38.5. The zero-order valence-electron chi connectivity index (χ0n) is 32.0. The molecule has 0 aliphatic heterocycles. The van der Waals surface area contributed by atoms with Gasteiger partial charge in [-0.25, -0.2) is 9.59 Å². The fraction of sp³-hybridized carbons (Fsp3) is 0.298. The number of carbonyl (C=O) groups excluding carboxylic acids is 2. The summed E-state index contributed by atoms with van der Waals surface area (Å²) in [4.78, 5) is 30.2. The first-order chi connectivity index (χ1) is 27.0. The Labute approximate surface area is 325 Å². The van der Waals surface area contributed by atoms with Crippen LogP contribution in [-0.4, -0.2) is 24.8 Å². The maximum atomic E-state index is 12.9. The molecule has 0 spiro atoms. The van der Waals surface area contributed by atoms with Crippen molar-refractivity contribution in [2.75, 3.05) is 6.61 Å². The fourth-order valence-corrected chi connectivity index (χ4v) is 5.76. The summed E-state index contributed by atoms with van der Waals surface area (Å²) in [6.45, 7) is 5.11. The number of ether oxygens (including phenoxy) is 3. The molecular formula is C47H51N3O5. The molecule has 0 atom stereocenters. The lowest BCUT2D eigenvalue weighted by Gasteiger charge is -2.08. The number of azo groups is 1. The first kappa shape index (κ1) is 40.3. The second kappa shape index (κ2) is 22.4. The van der Waals surface area contributed by atoms with E-state index in [4.69, 9.17) is 14.2 Å². The lowest BCUT2D eigenvalue weighted by molar-refractivity contribution is 0.0725. The van der Waals surface area contributed by atoms with Gasteiger partial charge in [0.15, 0.2) is 0 Å². The van der Waals surface area contributed by atoms with Crippen molar-refractivity contribution in [1.29, 1.82) is 0 Å². The van der Waals surface area contributed by atoms with Crippen molar-refractivity contribution in [2.24, 2.45) is 15.2 Å². The Morgan fingerprint density at radius 1 is 0.527 bits per heavy atom. The molecule has 284 valence electrons. The van der Waals surface area contributed by atoms with Crippen LogP contribution in [0.2, 0.25) is 0 Å². The maximum Gasteiger partial charge on any atom is 0.343 e. The van der Waals surface area contributed by atoms with E-state index in [0.29, 0.717) is 40.6 Å². The van der Waals surface area contributed by atoms with E-state index in [2.05, 4.69) is 41.2 Å². The molecule has 0 saturated heterocycles. The summed E-state index contributed by atoms with van der Waals surface area (Å²) >= 11 is 0. The minimum Gasteiger partial charge on any atom is -0.494 e. The molecule has 0 unspecified atom stereocenters. The molecule has 5 aromatic rings. The van der Waals surface area contributed by atoms with Gasteiger partial charge in [0, 0.05) is 6.21 Å². The van der Waals surface area contributed by atoms with E-state index in [1.165, 1.54) is 63.4 Å². The van der Waals surface area contributed by atoms with Gasteiger partial charge in [-0.2, -0.15) is 10.2 Å². The molecule has 8 nitrogen and oxygen atoms in total. The van der Waals surface area contributed by atoms with Gasteiger partial charge in [0.1, 0.15) is 17.2 Å². The second-order valence-electron chi connectivity index (χ2n) is 13.5. The van der Waals surface area contributed by atoms with Crippen LogP contribution in [0.4, 0.5) is 17.1 Å². The van der Waals surface area contributed by atoms with E-state index in [0.717, 1.165) is 29.8 Å². The lowest BCUT2D eigenvalue weighted by Crippen LogP contribution is -2.08. The van der Waals surface area contributed by atoms with Gasteiger partial charge in [-0.3, -0.25) is 4.99 Å². The van der Waals surface area contributed by atoms with E-state index in [9.17, 15) is 9.59 Å². The van der Waals surface area contributed by atoms with E-state index in [1.54, 1.807) is 103 Å². The number of carbonyl (C=O) groups is 2. The summed E-state index contributed by atoms with van der Waals surface area (Å²) in [7, 11) is 0. The highest BCUT2D eigenvalue weighted by Crippen LogP contribution is 2.24. The molecule has 0 bridgehead atoms. The quantitative estimate of drug-likeness (QED) is 0.0245. The topological polar surface area (TPSA) is 98.9 Å². The van der Waals surface area contributed by atoms with Crippen molar-refractivity contribution < 1.29 is 23.8 Å². The number of unbranched alkanes of at least 4 members (excludes halogenated alkanes) is 8. The number of rotatable bonds is 21. The standard InChI is InChI=1S/C47H51N3O5/c1-3-5-7-9-10-12-33-53-43-29-21-38(22-30-43)46(51)54-44-27-19-37(20-28-44)35-48-42-16-13-15-39(34-42)47(52)55-45-31-25-41(26-32-45)50-49-40-23-17-36(18-24-40)14-11-8-6-4-2/h13,15-32,34-35H,3-12,14,33H2,1-2H3. The van der Waals surface area contributed by atoms with Crippen molar-refractivity contribution in [3.8, 4) is 17.2 Å². The van der Waals surface area contributed by atoms with Crippen LogP contribution in [-0.2, 0) is 6.42 Å². The largest absolute Gasteiger partial charge is 0.494 e. The highest BCUT2D eigenvalue weighted by Gasteiger charge is 2.11. The molecule has 0 aliphatic rings. The molecule has 5 aromatic carbocycles. The molecule has 0 saturated carbocycles. The molecule has 0 N–H and O–H groups in total. The molecular weight excluding hydrogens is 687 g/mol. The Bertz CT molecular complexity index is 1970. The van der Waals surface area contributed by atoms with Gasteiger partial charge < -0.3 is 14.2 Å². The second-order valence-corrected chi connectivity index (χ2v) is 13.5. The van der Waals surface area contributed by atoms with Gasteiger partial charge in [0.25, 0.3) is 0 Å². The molecule has 55 heavy (non-hydrogen) atoms. The Hall–Kier alpha value is -5.89. The van der Waals surface area contributed by atoms with E-state index in [-0.39, 0.29) is 0 Å². The molecule has 0 heterocycles. The Balaban J connectivity index is 1.06. The normalized spacial score (nSPS) is 11.2. The SMILES string of the molecule is CCCCCCCCOc1ccc(C(=O)Oc2ccc(C=Nc3cccc(C(=O)Oc4ccc(N=Nc5ccc(CCCCCC)cc5)cc4)c3)cc2)cc1. The monoisotopic (exact) mass is 737 g/mol. The average Bonchev–Trinajstić information content (AvgIpc) is 3.22. The number of aryl methyl sites for hydroxylation is 1. The van der Waals surface area contributed by atoms with Crippen molar-refractivity contribution in [2.45, 2.75) is 84.5 Å². The van der Waals surface area contributed by atoms with E-state index < -0.39 is 11.9 Å². The summed E-state index contributed by atoms with van der Waals surface area (Å²) in [6, 6.07) is 36.0. The highest BCUT2D eigenvalue weighted by atomic mass is 16.5. The van der Waals surface area contributed by atoms with Gasteiger partial charge >= 0.3 is 11.9 Å². The molecule has 0 aromatic heterocycles. The third kappa shape index (κ3) is 14.1. The van der Waals surface area contributed by atoms with Crippen LogP contribution >= 0.6 is 0 Å². The molecule has 8 heteroatoms. The van der Waals surface area contributed by atoms with Crippen molar-refractivity contribution in [3.05, 3.63) is 144 Å². The van der Waals surface area contributed by atoms with Gasteiger partial charge in [-0.1, -0.05) is 83.4 Å². The number of benzene rings is 5. The molecule has 5 rings (SSSR count). The van der Waals surface area contributed by atoms with Gasteiger partial charge in [0.2, 0.25) is 0 Å². The minimum absolute atomic E-state index is 0.367. The van der Waals surface area contributed by atoms with Gasteiger partial charge in [0.05, 0.1) is 34.8 Å². The summed E-state index contributed by atoms with van der Waals surface area (Å²) in [5.41, 5.74) is 4.95. The minimum atomic E-state index is -0.497. The van der Waals surface area contributed by atoms with E-state index >= 15 is 0 Å². The number of nitrogens with zero attached hydrogens (tertiary/aromatic N) is 3. The van der Waals surface area contributed by atoms with Crippen LogP contribution in [0.5, 0.6) is 17.2 Å². The summed E-state index contributed by atoms with van der Waals surface area (Å²) < 4.78 is 17.0. The Kier molecular flexibility index (Phi) is 16.4. The highest BCUT2D eigenvalue weighted by molar-refractivity contribution is 5.93. The predicted octanol–water partition coefficient (Wildman–Crippen LogP) is 13.2. The Morgan fingerprint density at radius 3 is 1.73 bits per heavy atom. The summed E-state index contributed by atoms with van der Waals surface area (Å²) in [5, 5.41) is 8.66. The van der Waals surface area contributed by atoms with E-state index in [1.807, 2.05) is 12.1 Å². The van der Waals surface area contributed by atoms with Gasteiger partial charge in [-0.05, 0) is 134 Å². The van der Waals surface area contributed by atoms with Crippen molar-refractivity contribution >= 4 is 35.2 Å². The van der Waals surface area contributed by atoms with Gasteiger partial charge in [-0.15, -0.1) is 0 Å². The van der Waals surface area contributed by atoms with Crippen LogP contribution in [0, 0.1) is 0 Å². The molecule has 0 aliphatic carbocycles. The van der Waals surface area contributed by atoms with Crippen LogP contribution in [0.3, 0.4) is 0 Å². The molecule has 0 amide bonds. The van der Waals surface area contributed by atoms with Crippen molar-refractivity contribution in [3.63, 3.8) is 0 Å². The zero-order valence-corrected chi connectivity index (χ0v) is 32.0. The lowest BCUT2D eigenvalue weighted by atomic mass is 10.1.